The molecule has 0 fully saturated rings. The van der Waals surface area contributed by atoms with Crippen molar-refractivity contribution >= 4 is 17.5 Å². The van der Waals surface area contributed by atoms with Crippen molar-refractivity contribution < 1.29 is 14.6 Å². The zero-order chi connectivity index (χ0) is 19.3. The van der Waals surface area contributed by atoms with E-state index >= 15 is 0 Å². The van der Waals surface area contributed by atoms with Gasteiger partial charge in [-0.1, -0.05) is 27.7 Å². The molecule has 0 radical (unpaired) electrons. The van der Waals surface area contributed by atoms with Crippen LogP contribution in [0.15, 0.2) is 36.5 Å². The zero-order valence-electron chi connectivity index (χ0n) is 16.2. The van der Waals surface area contributed by atoms with Crippen LogP contribution in [0.5, 0.6) is 5.75 Å². The van der Waals surface area contributed by atoms with E-state index in [-0.39, 0.29) is 5.56 Å². The van der Waals surface area contributed by atoms with E-state index < -0.39 is 5.97 Å². The van der Waals surface area contributed by atoms with Crippen molar-refractivity contribution in [3.05, 3.63) is 47.7 Å². The lowest BCUT2D eigenvalue weighted by Crippen LogP contribution is -2.18. The van der Waals surface area contributed by atoms with Gasteiger partial charge >= 0.3 is 5.97 Å². The molecule has 1 N–H and O–H groups in total. The maximum absolute atomic E-state index is 11.0. The van der Waals surface area contributed by atoms with Gasteiger partial charge in [0.1, 0.15) is 11.6 Å². The molecule has 0 aliphatic rings. The van der Waals surface area contributed by atoms with Crippen LogP contribution in [0.2, 0.25) is 0 Å². The van der Waals surface area contributed by atoms with Crippen LogP contribution < -0.4 is 9.64 Å². The highest BCUT2D eigenvalue weighted by Crippen LogP contribution is 2.33. The number of rotatable bonds is 8. The number of nitrogens with zero attached hydrogens (tertiary/aromatic N) is 2. The Kier molecular flexibility index (Phi) is 6.61. The third kappa shape index (κ3) is 4.75. The second-order valence-electron chi connectivity index (χ2n) is 7.04. The lowest BCUT2D eigenvalue weighted by molar-refractivity contribution is 0.0696. The number of carboxylic acids is 1. The molecular formula is C21H28N2O3. The lowest BCUT2D eigenvalue weighted by atomic mass is 10.0. The molecule has 0 bridgehead atoms. The predicted octanol–water partition coefficient (Wildman–Crippen LogP) is 5.10. The average Bonchev–Trinajstić information content (AvgIpc) is 2.61. The number of benzene rings is 1. The fourth-order valence-electron chi connectivity index (χ4n) is 2.69. The summed E-state index contributed by atoms with van der Waals surface area (Å²) in [6, 6.07) is 9.50. The van der Waals surface area contributed by atoms with E-state index in [1.54, 1.807) is 12.1 Å². The molecule has 26 heavy (non-hydrogen) atoms. The van der Waals surface area contributed by atoms with Crippen LogP contribution in [0.25, 0.3) is 0 Å². The molecule has 1 aromatic heterocycles. The van der Waals surface area contributed by atoms with Gasteiger partial charge in [0.2, 0.25) is 0 Å². The van der Waals surface area contributed by atoms with E-state index in [0.717, 1.165) is 29.4 Å². The summed E-state index contributed by atoms with van der Waals surface area (Å²) in [6.07, 6.45) is 1.39. The normalized spacial score (nSPS) is 11.0. The van der Waals surface area contributed by atoms with Crippen LogP contribution >= 0.6 is 0 Å². The van der Waals surface area contributed by atoms with E-state index in [4.69, 9.17) is 9.84 Å². The van der Waals surface area contributed by atoms with Crippen molar-refractivity contribution in [3.63, 3.8) is 0 Å². The van der Waals surface area contributed by atoms with Gasteiger partial charge in [0.05, 0.1) is 12.2 Å². The Morgan fingerprint density at radius 1 is 1.19 bits per heavy atom. The van der Waals surface area contributed by atoms with Crippen LogP contribution in [0.1, 0.15) is 56.5 Å². The second-order valence-corrected chi connectivity index (χ2v) is 7.04. The molecular weight excluding hydrogens is 328 g/mol. The Morgan fingerprint density at radius 2 is 1.92 bits per heavy atom. The van der Waals surface area contributed by atoms with Gasteiger partial charge in [-0.3, -0.25) is 0 Å². The topological polar surface area (TPSA) is 62.7 Å². The Balaban J connectivity index is 2.35. The first kappa shape index (κ1) is 19.8. The summed E-state index contributed by atoms with van der Waals surface area (Å²) in [7, 11) is 0. The van der Waals surface area contributed by atoms with Crippen molar-refractivity contribution in [1.82, 2.24) is 4.98 Å². The number of ether oxygens (including phenoxy) is 1. The molecule has 0 saturated carbocycles. The van der Waals surface area contributed by atoms with Crippen molar-refractivity contribution in [2.45, 2.75) is 40.5 Å². The lowest BCUT2D eigenvalue weighted by Gasteiger charge is -2.24. The standard InChI is InChI=1S/C21H28N2O3/c1-6-23(20-10-7-16(12-22-20)21(24)25)17-8-9-19(26-13-14(2)3)18(11-17)15(4)5/h7-12,14-15H,6,13H2,1-5H3,(H,24,25). The number of aromatic carboxylic acids is 1. The van der Waals surface area contributed by atoms with E-state index in [1.165, 1.54) is 6.20 Å². The van der Waals surface area contributed by atoms with Gasteiger partial charge in [-0.05, 0) is 54.7 Å². The molecule has 0 unspecified atom stereocenters. The zero-order valence-corrected chi connectivity index (χ0v) is 16.2. The van der Waals surface area contributed by atoms with Crippen LogP contribution in [-0.4, -0.2) is 29.2 Å². The first-order valence-electron chi connectivity index (χ1n) is 9.07. The number of hydrogen-bond acceptors (Lipinski definition) is 4. The van der Waals surface area contributed by atoms with Gasteiger partial charge in [0.15, 0.2) is 0 Å². The highest BCUT2D eigenvalue weighted by molar-refractivity contribution is 5.87. The third-order valence-corrected chi connectivity index (χ3v) is 4.09. The fourth-order valence-corrected chi connectivity index (χ4v) is 2.69. The van der Waals surface area contributed by atoms with Gasteiger partial charge in [-0.2, -0.15) is 0 Å². The molecule has 1 aromatic carbocycles. The molecule has 1 heterocycles. The Labute approximate surface area is 155 Å². The Hall–Kier alpha value is -2.56. The number of pyridine rings is 1. The number of anilines is 2. The van der Waals surface area contributed by atoms with Crippen LogP contribution in [0, 0.1) is 5.92 Å². The molecule has 2 rings (SSSR count). The molecule has 0 aliphatic carbocycles. The van der Waals surface area contributed by atoms with E-state index in [9.17, 15) is 4.79 Å². The molecule has 0 aliphatic heterocycles. The first-order valence-corrected chi connectivity index (χ1v) is 9.07. The summed E-state index contributed by atoms with van der Waals surface area (Å²) < 4.78 is 5.98. The van der Waals surface area contributed by atoms with Crippen LogP contribution in [-0.2, 0) is 0 Å². The first-order chi connectivity index (χ1) is 12.3. The smallest absolute Gasteiger partial charge is 0.337 e. The summed E-state index contributed by atoms with van der Waals surface area (Å²) in [6.45, 7) is 12.0. The third-order valence-electron chi connectivity index (χ3n) is 4.09. The molecule has 0 atom stereocenters. The summed E-state index contributed by atoms with van der Waals surface area (Å²) in [5.74, 6) is 1.48. The van der Waals surface area contributed by atoms with Gasteiger partial charge < -0.3 is 14.7 Å². The molecule has 0 saturated heterocycles. The Bertz CT molecular complexity index is 739. The molecule has 5 nitrogen and oxygen atoms in total. The summed E-state index contributed by atoms with van der Waals surface area (Å²) in [5, 5.41) is 9.04. The monoisotopic (exact) mass is 356 g/mol. The van der Waals surface area contributed by atoms with Gasteiger partial charge in [0.25, 0.3) is 0 Å². The highest BCUT2D eigenvalue weighted by atomic mass is 16.5. The minimum absolute atomic E-state index is 0.185. The summed E-state index contributed by atoms with van der Waals surface area (Å²) in [5.41, 5.74) is 2.36. The quantitative estimate of drug-likeness (QED) is 0.713. The number of carbonyl (C=O) groups is 1. The Morgan fingerprint density at radius 3 is 2.42 bits per heavy atom. The predicted molar refractivity (Wildman–Crippen MR) is 105 cm³/mol. The minimum atomic E-state index is -0.971. The largest absolute Gasteiger partial charge is 0.493 e. The summed E-state index contributed by atoms with van der Waals surface area (Å²) >= 11 is 0. The molecule has 5 heteroatoms. The maximum Gasteiger partial charge on any atom is 0.337 e. The molecule has 2 aromatic rings. The number of carboxylic acid groups (broad SMARTS) is 1. The van der Waals surface area contributed by atoms with Crippen molar-refractivity contribution in [2.24, 2.45) is 5.92 Å². The average molecular weight is 356 g/mol. The van der Waals surface area contributed by atoms with Crippen LogP contribution in [0.4, 0.5) is 11.5 Å². The molecule has 140 valence electrons. The fraction of sp³-hybridized carbons (Fsp3) is 0.429. The van der Waals surface area contributed by atoms with Crippen LogP contribution in [0.3, 0.4) is 0 Å². The summed E-state index contributed by atoms with van der Waals surface area (Å²) in [4.78, 5) is 17.4. The van der Waals surface area contributed by atoms with E-state index in [0.29, 0.717) is 18.4 Å². The SMILES string of the molecule is CCN(c1ccc(OCC(C)C)c(C(C)C)c1)c1ccc(C(=O)O)cn1. The highest BCUT2D eigenvalue weighted by Gasteiger charge is 2.15. The van der Waals surface area contributed by atoms with Crippen molar-refractivity contribution in [3.8, 4) is 5.75 Å². The van der Waals surface area contributed by atoms with Gasteiger partial charge in [-0.25, -0.2) is 9.78 Å². The van der Waals surface area contributed by atoms with Gasteiger partial charge in [-0.15, -0.1) is 0 Å². The van der Waals surface area contributed by atoms with Crippen molar-refractivity contribution in [2.75, 3.05) is 18.1 Å². The molecule has 0 spiro atoms. The van der Waals surface area contributed by atoms with E-state index in [2.05, 4.69) is 43.6 Å². The second kappa shape index (κ2) is 8.70. The van der Waals surface area contributed by atoms with Gasteiger partial charge in [0, 0.05) is 18.4 Å². The maximum atomic E-state index is 11.0. The van der Waals surface area contributed by atoms with Crippen molar-refractivity contribution in [1.29, 1.82) is 0 Å². The minimum Gasteiger partial charge on any atom is -0.493 e. The number of hydrogen-bond donors (Lipinski definition) is 1. The number of aromatic nitrogens is 1. The molecule has 0 amide bonds. The van der Waals surface area contributed by atoms with E-state index in [1.807, 2.05) is 19.1 Å².